The van der Waals surface area contributed by atoms with Gasteiger partial charge in [-0.1, -0.05) is 20.8 Å². The third kappa shape index (κ3) is 4.62. The molecule has 1 amide bonds. The lowest BCUT2D eigenvalue weighted by Crippen LogP contribution is -2.44. The normalized spacial score (nSPS) is 27.1. The molecule has 2 aliphatic rings. The van der Waals surface area contributed by atoms with Crippen LogP contribution in [0.5, 0.6) is 0 Å². The Hall–Kier alpha value is -0.750. The van der Waals surface area contributed by atoms with Crippen molar-refractivity contribution in [1.29, 1.82) is 0 Å². The molecule has 126 valence electrons. The van der Waals surface area contributed by atoms with Crippen LogP contribution in [-0.2, 0) is 14.3 Å². The number of rotatable bonds is 4. The molecule has 5 nitrogen and oxygen atoms in total. The monoisotopic (exact) mass is 329 g/mol. The predicted molar refractivity (Wildman–Crippen MR) is 87.0 cm³/mol. The summed E-state index contributed by atoms with van der Waals surface area (Å²) in [5.41, 5.74) is 0. The van der Waals surface area contributed by atoms with Crippen molar-refractivity contribution in [1.82, 2.24) is 4.90 Å². The lowest BCUT2D eigenvalue weighted by molar-refractivity contribution is -0.145. The van der Waals surface area contributed by atoms with E-state index in [4.69, 9.17) is 4.74 Å². The van der Waals surface area contributed by atoms with E-state index in [9.17, 15) is 14.7 Å². The number of nitrogens with zero attached hydrogens (tertiary/aromatic N) is 1. The first-order chi connectivity index (χ1) is 10.3. The van der Waals surface area contributed by atoms with E-state index >= 15 is 0 Å². The zero-order valence-electron chi connectivity index (χ0n) is 13.7. The summed E-state index contributed by atoms with van der Waals surface area (Å²) in [4.78, 5) is 25.4. The first-order valence-electron chi connectivity index (χ1n) is 8.04. The van der Waals surface area contributed by atoms with Gasteiger partial charge in [0.15, 0.2) is 0 Å². The molecule has 2 fully saturated rings. The van der Waals surface area contributed by atoms with Gasteiger partial charge < -0.3 is 14.7 Å². The van der Waals surface area contributed by atoms with Crippen molar-refractivity contribution in [3.63, 3.8) is 0 Å². The molecular formula is C16H27NO4S. The van der Waals surface area contributed by atoms with Gasteiger partial charge in [-0.3, -0.25) is 9.59 Å². The second-order valence-electron chi connectivity index (χ2n) is 7.19. The number of ether oxygens (including phenoxy) is 1. The quantitative estimate of drug-likeness (QED) is 0.857. The van der Waals surface area contributed by atoms with Gasteiger partial charge in [0.2, 0.25) is 5.91 Å². The van der Waals surface area contributed by atoms with E-state index in [1.54, 1.807) is 11.8 Å². The first-order valence-corrected chi connectivity index (χ1v) is 9.02. The summed E-state index contributed by atoms with van der Waals surface area (Å²) < 4.78 is 5.76. The van der Waals surface area contributed by atoms with Crippen molar-refractivity contribution in [3.05, 3.63) is 0 Å². The van der Waals surface area contributed by atoms with Crippen LogP contribution in [0.3, 0.4) is 0 Å². The number of carbonyl (C=O) groups is 2. The second-order valence-corrected chi connectivity index (χ2v) is 8.99. The SMILES string of the molecule is CC(C)(C)SCC(=O)N1CCC([C@@H]2OCCC2C(=O)O)CC1. The molecule has 0 aromatic carbocycles. The number of piperidine rings is 1. The highest BCUT2D eigenvalue weighted by molar-refractivity contribution is 8.01. The van der Waals surface area contributed by atoms with Crippen molar-refractivity contribution in [3.8, 4) is 0 Å². The van der Waals surface area contributed by atoms with E-state index in [1.165, 1.54) is 0 Å². The van der Waals surface area contributed by atoms with Crippen LogP contribution >= 0.6 is 11.8 Å². The molecule has 1 N–H and O–H groups in total. The van der Waals surface area contributed by atoms with E-state index in [2.05, 4.69) is 20.8 Å². The molecule has 2 aliphatic heterocycles. The summed E-state index contributed by atoms with van der Waals surface area (Å²) in [6.07, 6.45) is 2.14. The van der Waals surface area contributed by atoms with Gasteiger partial charge in [-0.15, -0.1) is 11.8 Å². The van der Waals surface area contributed by atoms with Crippen molar-refractivity contribution in [2.75, 3.05) is 25.4 Å². The van der Waals surface area contributed by atoms with Crippen LogP contribution in [0.25, 0.3) is 0 Å². The van der Waals surface area contributed by atoms with Gasteiger partial charge in [-0.2, -0.15) is 0 Å². The van der Waals surface area contributed by atoms with Gasteiger partial charge in [0.05, 0.1) is 17.8 Å². The Labute approximate surface area is 136 Å². The Kier molecular flexibility index (Phi) is 5.77. The van der Waals surface area contributed by atoms with Gasteiger partial charge in [0.25, 0.3) is 0 Å². The van der Waals surface area contributed by atoms with Crippen molar-refractivity contribution in [2.45, 2.75) is 50.9 Å². The summed E-state index contributed by atoms with van der Waals surface area (Å²) >= 11 is 1.67. The molecular weight excluding hydrogens is 302 g/mol. The zero-order valence-corrected chi connectivity index (χ0v) is 14.5. The molecule has 0 aromatic heterocycles. The van der Waals surface area contributed by atoms with Crippen LogP contribution in [0.4, 0.5) is 0 Å². The Morgan fingerprint density at radius 3 is 2.41 bits per heavy atom. The van der Waals surface area contributed by atoms with Crippen LogP contribution in [-0.4, -0.2) is 58.2 Å². The molecule has 2 rings (SSSR count). The highest BCUT2D eigenvalue weighted by atomic mass is 32.2. The fraction of sp³-hybridized carbons (Fsp3) is 0.875. The molecule has 0 saturated carbocycles. The van der Waals surface area contributed by atoms with Crippen LogP contribution in [0, 0.1) is 11.8 Å². The van der Waals surface area contributed by atoms with Crippen LogP contribution in [0.15, 0.2) is 0 Å². The maximum atomic E-state index is 12.2. The minimum absolute atomic E-state index is 0.0976. The average Bonchev–Trinajstić information content (AvgIpc) is 2.94. The minimum atomic E-state index is -0.748. The zero-order chi connectivity index (χ0) is 16.3. The predicted octanol–water partition coefficient (Wildman–Crippen LogP) is 2.25. The molecule has 0 aromatic rings. The Morgan fingerprint density at radius 1 is 1.23 bits per heavy atom. The lowest BCUT2D eigenvalue weighted by Gasteiger charge is -2.35. The number of carbonyl (C=O) groups excluding carboxylic acids is 1. The number of carboxylic acid groups (broad SMARTS) is 1. The van der Waals surface area contributed by atoms with Gasteiger partial charge in [0.1, 0.15) is 0 Å². The maximum Gasteiger partial charge on any atom is 0.309 e. The summed E-state index contributed by atoms with van der Waals surface area (Å²) in [7, 11) is 0. The standard InChI is InChI=1S/C16H27NO4S/c1-16(2,3)22-10-13(18)17-7-4-11(5-8-17)14-12(15(19)20)6-9-21-14/h11-12,14H,4-10H2,1-3H3,(H,19,20)/t12?,14-/m0/s1. The van der Waals surface area contributed by atoms with Crippen LogP contribution in [0.2, 0.25) is 0 Å². The third-order valence-corrected chi connectivity index (χ3v) is 5.70. The van der Waals surface area contributed by atoms with Gasteiger partial charge in [0, 0.05) is 24.4 Å². The second kappa shape index (κ2) is 7.21. The average molecular weight is 329 g/mol. The molecule has 0 spiro atoms. The lowest BCUT2D eigenvalue weighted by atomic mass is 9.84. The fourth-order valence-electron chi connectivity index (χ4n) is 3.19. The highest BCUT2D eigenvalue weighted by Crippen LogP contribution is 2.33. The summed E-state index contributed by atoms with van der Waals surface area (Å²) in [5.74, 6) is -0.138. The smallest absolute Gasteiger partial charge is 0.309 e. The number of likely N-dealkylation sites (tertiary alicyclic amines) is 1. The van der Waals surface area contributed by atoms with E-state index in [0.717, 1.165) is 25.9 Å². The highest BCUT2D eigenvalue weighted by Gasteiger charge is 2.40. The number of aliphatic carboxylic acids is 1. The molecule has 2 heterocycles. The number of carboxylic acids is 1. The number of hydrogen-bond acceptors (Lipinski definition) is 4. The Balaban J connectivity index is 1.80. The van der Waals surface area contributed by atoms with Crippen molar-refractivity contribution < 1.29 is 19.4 Å². The third-order valence-electron chi connectivity index (χ3n) is 4.44. The topological polar surface area (TPSA) is 66.8 Å². The largest absolute Gasteiger partial charge is 0.481 e. The molecule has 0 aliphatic carbocycles. The van der Waals surface area contributed by atoms with Crippen LogP contribution in [0.1, 0.15) is 40.0 Å². The number of amides is 1. The van der Waals surface area contributed by atoms with Crippen molar-refractivity contribution >= 4 is 23.6 Å². The molecule has 6 heteroatoms. The van der Waals surface area contributed by atoms with Gasteiger partial charge in [-0.25, -0.2) is 0 Å². The first kappa shape index (κ1) is 17.6. The Morgan fingerprint density at radius 2 is 1.86 bits per heavy atom. The van der Waals surface area contributed by atoms with E-state index in [1.807, 2.05) is 4.90 Å². The van der Waals surface area contributed by atoms with Crippen molar-refractivity contribution in [2.24, 2.45) is 11.8 Å². The molecule has 0 radical (unpaired) electrons. The maximum absolute atomic E-state index is 12.2. The van der Waals surface area contributed by atoms with E-state index in [-0.39, 0.29) is 28.6 Å². The Bertz CT molecular complexity index is 413. The van der Waals surface area contributed by atoms with Gasteiger partial charge in [-0.05, 0) is 25.2 Å². The number of thioether (sulfide) groups is 1. The molecule has 2 saturated heterocycles. The van der Waals surface area contributed by atoms with Crippen LogP contribution < -0.4 is 0 Å². The summed E-state index contributed by atoms with van der Waals surface area (Å²) in [5, 5.41) is 9.25. The van der Waals surface area contributed by atoms with E-state index in [0.29, 0.717) is 18.8 Å². The summed E-state index contributed by atoms with van der Waals surface area (Å²) in [6, 6.07) is 0. The fourth-order valence-corrected chi connectivity index (χ4v) is 3.93. The van der Waals surface area contributed by atoms with Gasteiger partial charge >= 0.3 is 5.97 Å². The van der Waals surface area contributed by atoms with E-state index < -0.39 is 5.97 Å². The summed E-state index contributed by atoms with van der Waals surface area (Å²) in [6.45, 7) is 8.33. The molecule has 22 heavy (non-hydrogen) atoms. The number of hydrogen-bond donors (Lipinski definition) is 1. The molecule has 1 unspecified atom stereocenters. The minimum Gasteiger partial charge on any atom is -0.481 e. The molecule has 0 bridgehead atoms. The molecule has 2 atom stereocenters.